The van der Waals surface area contributed by atoms with Crippen LogP contribution >= 0.6 is 0 Å². The van der Waals surface area contributed by atoms with E-state index < -0.39 is 23.4 Å². The molecule has 0 amide bonds. The van der Waals surface area contributed by atoms with Gasteiger partial charge in [0.05, 0.1) is 17.3 Å². The Morgan fingerprint density at radius 1 is 1.33 bits per heavy atom. The number of rotatable bonds is 7. The van der Waals surface area contributed by atoms with E-state index in [1.54, 1.807) is 20.8 Å². The van der Waals surface area contributed by atoms with Crippen molar-refractivity contribution in [1.82, 2.24) is 0 Å². The third-order valence-corrected chi connectivity index (χ3v) is 6.18. The van der Waals surface area contributed by atoms with Gasteiger partial charge in [-0.05, 0) is 58.8 Å². The van der Waals surface area contributed by atoms with Crippen LogP contribution in [0, 0.1) is 11.8 Å². The molecule has 0 aromatic heterocycles. The van der Waals surface area contributed by atoms with Gasteiger partial charge in [0.15, 0.2) is 5.78 Å². The topological polar surface area (TPSA) is 118 Å². The number of hydrogen-bond acceptors (Lipinski definition) is 6. The van der Waals surface area contributed by atoms with Crippen LogP contribution in [-0.2, 0) is 4.79 Å². The highest BCUT2D eigenvalue weighted by Crippen LogP contribution is 2.45. The van der Waals surface area contributed by atoms with E-state index in [9.17, 15) is 30.3 Å². The number of carbonyl (C=O) groups excluding carboxylic acids is 1. The van der Waals surface area contributed by atoms with Crippen LogP contribution in [0.25, 0.3) is 0 Å². The number of carbonyl (C=O) groups is 1. The summed E-state index contributed by atoms with van der Waals surface area (Å²) in [5, 5.41) is 50.9. The molecular weight excluding hydrogens is 348 g/mol. The van der Waals surface area contributed by atoms with Crippen LogP contribution in [0.15, 0.2) is 23.0 Å². The van der Waals surface area contributed by atoms with Gasteiger partial charge in [-0.2, -0.15) is 0 Å². The molecule has 0 bridgehead atoms. The van der Waals surface area contributed by atoms with E-state index in [4.69, 9.17) is 0 Å². The molecule has 0 heterocycles. The molecule has 0 fully saturated rings. The first-order valence-corrected chi connectivity index (χ1v) is 9.80. The third-order valence-electron chi connectivity index (χ3n) is 6.18. The fourth-order valence-electron chi connectivity index (χ4n) is 4.10. The zero-order valence-corrected chi connectivity index (χ0v) is 16.8. The monoisotopic (exact) mass is 382 g/mol. The Balaban J connectivity index is 2.15. The van der Waals surface area contributed by atoms with E-state index in [2.05, 4.69) is 0 Å². The number of hydrogen-bond donors (Lipinski definition) is 5. The first-order valence-electron chi connectivity index (χ1n) is 9.80. The Morgan fingerprint density at radius 3 is 2.56 bits per heavy atom. The van der Waals surface area contributed by atoms with E-state index in [0.717, 1.165) is 5.57 Å². The van der Waals surface area contributed by atoms with Crippen molar-refractivity contribution in [1.29, 1.82) is 0 Å². The summed E-state index contributed by atoms with van der Waals surface area (Å²) in [6.45, 7) is 6.87. The Hall–Kier alpha value is -1.21. The standard InChI is InChI=1S/C21H34O6/c1-12(5-8-18(24)20(2,3)26)13-9-10-21(4,27)15(13)11-14-16(22)6-7-17(23)19(14)25/h9,12,15,17-18,23-27H,5-8,10-11H2,1-4H3/t12-,15+,17-,18-,21+/m0/s1. The van der Waals surface area contributed by atoms with Crippen molar-refractivity contribution in [2.24, 2.45) is 11.8 Å². The lowest BCUT2D eigenvalue weighted by atomic mass is 9.75. The largest absolute Gasteiger partial charge is 0.509 e. The molecule has 0 aliphatic heterocycles. The molecule has 0 radical (unpaired) electrons. The molecule has 0 unspecified atom stereocenters. The summed E-state index contributed by atoms with van der Waals surface area (Å²) in [6.07, 6.45) is 2.24. The van der Waals surface area contributed by atoms with Crippen LogP contribution in [0.1, 0.15) is 66.2 Å². The minimum Gasteiger partial charge on any atom is -0.509 e. The third kappa shape index (κ3) is 4.99. The molecule has 0 saturated carbocycles. The number of aliphatic hydroxyl groups excluding tert-OH is 3. The first-order chi connectivity index (χ1) is 12.3. The van der Waals surface area contributed by atoms with Crippen molar-refractivity contribution in [2.75, 3.05) is 0 Å². The highest BCUT2D eigenvalue weighted by Gasteiger charge is 2.42. The highest BCUT2D eigenvalue weighted by molar-refractivity contribution is 5.96. The van der Waals surface area contributed by atoms with E-state index in [1.807, 2.05) is 13.0 Å². The lowest BCUT2D eigenvalue weighted by Crippen LogP contribution is -2.37. The van der Waals surface area contributed by atoms with Crippen LogP contribution in [0.5, 0.6) is 0 Å². The number of Topliss-reactive ketones (excluding diaryl/α,β-unsaturated/α-hetero) is 1. The number of ketones is 1. The van der Waals surface area contributed by atoms with Crippen molar-refractivity contribution >= 4 is 5.78 Å². The van der Waals surface area contributed by atoms with Gasteiger partial charge in [0.1, 0.15) is 11.9 Å². The second-order valence-corrected chi connectivity index (χ2v) is 9.01. The minimum atomic E-state index is -1.17. The van der Waals surface area contributed by atoms with Crippen LogP contribution in [0.3, 0.4) is 0 Å². The van der Waals surface area contributed by atoms with E-state index in [1.165, 1.54) is 0 Å². The van der Waals surface area contributed by atoms with Crippen LogP contribution < -0.4 is 0 Å². The molecule has 0 aromatic rings. The van der Waals surface area contributed by atoms with Crippen molar-refractivity contribution in [3.8, 4) is 0 Å². The maximum Gasteiger partial charge on any atom is 0.162 e. The smallest absolute Gasteiger partial charge is 0.162 e. The fraction of sp³-hybridized carbons (Fsp3) is 0.762. The minimum absolute atomic E-state index is 0.0485. The number of aliphatic hydroxyl groups is 5. The maximum absolute atomic E-state index is 12.3. The Labute approximate surface area is 161 Å². The summed E-state index contributed by atoms with van der Waals surface area (Å²) in [5.74, 6) is -0.728. The summed E-state index contributed by atoms with van der Waals surface area (Å²) in [5.41, 5.74) is -0.990. The van der Waals surface area contributed by atoms with Crippen LogP contribution in [0.2, 0.25) is 0 Å². The second kappa shape index (κ2) is 8.03. The summed E-state index contributed by atoms with van der Waals surface area (Å²) < 4.78 is 0. The molecule has 154 valence electrons. The van der Waals surface area contributed by atoms with Gasteiger partial charge < -0.3 is 25.5 Å². The molecule has 2 aliphatic carbocycles. The first kappa shape index (κ1) is 22.1. The predicted octanol–water partition coefficient (Wildman–Crippen LogP) is 2.16. The second-order valence-electron chi connectivity index (χ2n) is 9.01. The normalized spacial score (nSPS) is 31.9. The van der Waals surface area contributed by atoms with Gasteiger partial charge in [-0.1, -0.05) is 18.6 Å². The number of allylic oxidation sites excluding steroid dienone is 1. The molecule has 5 N–H and O–H groups in total. The molecule has 6 nitrogen and oxygen atoms in total. The summed E-state index contributed by atoms with van der Waals surface area (Å²) in [4.78, 5) is 12.3. The maximum atomic E-state index is 12.3. The van der Waals surface area contributed by atoms with Gasteiger partial charge in [0.25, 0.3) is 0 Å². The van der Waals surface area contributed by atoms with E-state index in [-0.39, 0.29) is 48.2 Å². The van der Waals surface area contributed by atoms with Crippen molar-refractivity contribution in [2.45, 2.75) is 89.6 Å². The molecule has 0 spiro atoms. The van der Waals surface area contributed by atoms with Crippen molar-refractivity contribution in [3.05, 3.63) is 23.0 Å². The lowest BCUT2D eigenvalue weighted by molar-refractivity contribution is -0.117. The molecule has 2 aliphatic rings. The Bertz CT molecular complexity index is 625. The fourth-order valence-corrected chi connectivity index (χ4v) is 4.10. The SMILES string of the molecule is C[C@@H](CC[C@H](O)C(C)(C)O)C1=CC[C@@](C)(O)[C@@H]1CC1=C(O)[C@@H](O)CCC1=O. The van der Waals surface area contributed by atoms with Gasteiger partial charge in [-0.3, -0.25) is 4.79 Å². The quantitative estimate of drug-likeness (QED) is 0.431. The Morgan fingerprint density at radius 2 is 1.96 bits per heavy atom. The van der Waals surface area contributed by atoms with Gasteiger partial charge in [0, 0.05) is 17.9 Å². The Kier molecular flexibility index (Phi) is 6.57. The van der Waals surface area contributed by atoms with E-state index in [0.29, 0.717) is 19.3 Å². The van der Waals surface area contributed by atoms with Gasteiger partial charge in [-0.15, -0.1) is 0 Å². The summed E-state index contributed by atoms with van der Waals surface area (Å²) >= 11 is 0. The molecule has 6 heteroatoms. The summed E-state index contributed by atoms with van der Waals surface area (Å²) in [6, 6.07) is 0. The van der Waals surface area contributed by atoms with Gasteiger partial charge >= 0.3 is 0 Å². The molecule has 0 saturated heterocycles. The average Bonchev–Trinajstić information content (AvgIpc) is 2.86. The predicted molar refractivity (Wildman–Crippen MR) is 102 cm³/mol. The summed E-state index contributed by atoms with van der Waals surface area (Å²) in [7, 11) is 0. The average molecular weight is 382 g/mol. The molecular formula is C21H34O6. The zero-order chi connectivity index (χ0) is 20.6. The lowest BCUT2D eigenvalue weighted by Gasteiger charge is -2.33. The van der Waals surface area contributed by atoms with Crippen molar-refractivity contribution in [3.63, 3.8) is 0 Å². The van der Waals surface area contributed by atoms with Gasteiger partial charge in [0.2, 0.25) is 0 Å². The van der Waals surface area contributed by atoms with Crippen LogP contribution in [0.4, 0.5) is 0 Å². The molecule has 5 atom stereocenters. The van der Waals surface area contributed by atoms with E-state index >= 15 is 0 Å². The highest BCUT2D eigenvalue weighted by atomic mass is 16.3. The molecule has 2 rings (SSSR count). The van der Waals surface area contributed by atoms with Crippen molar-refractivity contribution < 1.29 is 30.3 Å². The molecule has 0 aromatic carbocycles. The van der Waals surface area contributed by atoms with Crippen LogP contribution in [-0.4, -0.2) is 54.7 Å². The molecule has 27 heavy (non-hydrogen) atoms. The zero-order valence-electron chi connectivity index (χ0n) is 16.8. The van der Waals surface area contributed by atoms with Gasteiger partial charge in [-0.25, -0.2) is 0 Å².